The number of carbonyl (C=O) groups is 2. The van der Waals surface area contributed by atoms with Gasteiger partial charge in [0, 0.05) is 17.3 Å². The lowest BCUT2D eigenvalue weighted by molar-refractivity contribution is -0.118. The number of carbonyl (C=O) groups excluding carboxylic acids is 2. The Bertz CT molecular complexity index is 769. The first kappa shape index (κ1) is 20.5. The summed E-state index contributed by atoms with van der Waals surface area (Å²) in [5.74, 6) is 0.674. The summed E-state index contributed by atoms with van der Waals surface area (Å²) in [5, 5.41) is 5.67. The topological polar surface area (TPSA) is 67.4 Å². The van der Waals surface area contributed by atoms with E-state index in [1.807, 2.05) is 38.1 Å². The molecule has 5 heteroatoms. The van der Waals surface area contributed by atoms with Crippen molar-refractivity contribution in [3.8, 4) is 5.75 Å². The molecule has 0 aromatic heterocycles. The zero-order chi connectivity index (χ0) is 19.8. The van der Waals surface area contributed by atoms with E-state index in [4.69, 9.17) is 4.74 Å². The minimum Gasteiger partial charge on any atom is -0.484 e. The normalized spacial score (nSPS) is 11.7. The highest BCUT2D eigenvalue weighted by atomic mass is 16.5. The van der Waals surface area contributed by atoms with E-state index in [1.165, 1.54) is 5.56 Å². The van der Waals surface area contributed by atoms with Crippen LogP contribution in [-0.4, -0.2) is 24.5 Å². The summed E-state index contributed by atoms with van der Waals surface area (Å²) in [5.41, 5.74) is 2.30. The van der Waals surface area contributed by atoms with E-state index in [0.717, 1.165) is 6.42 Å². The van der Waals surface area contributed by atoms with Crippen LogP contribution in [0.2, 0.25) is 0 Å². The van der Waals surface area contributed by atoms with Crippen LogP contribution in [0.3, 0.4) is 0 Å². The Labute approximate surface area is 161 Å². The molecular formula is C22H28N2O3. The minimum atomic E-state index is -0.276. The van der Waals surface area contributed by atoms with Crippen molar-refractivity contribution in [2.24, 2.45) is 0 Å². The van der Waals surface area contributed by atoms with Crippen molar-refractivity contribution in [1.82, 2.24) is 5.32 Å². The molecule has 2 aromatic carbocycles. The lowest BCUT2D eigenvalue weighted by atomic mass is 10.0. The number of anilines is 1. The second kappa shape index (κ2) is 9.76. The average molecular weight is 368 g/mol. The lowest BCUT2D eigenvalue weighted by Crippen LogP contribution is -2.32. The summed E-state index contributed by atoms with van der Waals surface area (Å²) < 4.78 is 5.53. The monoisotopic (exact) mass is 368 g/mol. The van der Waals surface area contributed by atoms with Gasteiger partial charge in [0.1, 0.15) is 5.75 Å². The molecule has 0 aliphatic carbocycles. The molecule has 0 bridgehead atoms. The standard InChI is InChI=1S/C22H28N2O3/c1-5-16(4)23-22(26)18-7-6-8-19(13-18)24-21(25)14-27-20-11-9-17(10-12-20)15(2)3/h6-13,15-16H,5,14H2,1-4H3,(H,23,26)(H,24,25). The highest BCUT2D eigenvalue weighted by Crippen LogP contribution is 2.18. The fourth-order valence-corrected chi connectivity index (χ4v) is 2.44. The highest BCUT2D eigenvalue weighted by molar-refractivity contribution is 5.97. The predicted molar refractivity (Wildman–Crippen MR) is 108 cm³/mol. The molecule has 2 aromatic rings. The molecule has 0 aliphatic rings. The Morgan fingerprint density at radius 2 is 1.74 bits per heavy atom. The average Bonchev–Trinajstić information content (AvgIpc) is 2.66. The van der Waals surface area contributed by atoms with Gasteiger partial charge in [0.05, 0.1) is 0 Å². The van der Waals surface area contributed by atoms with Crippen LogP contribution >= 0.6 is 0 Å². The van der Waals surface area contributed by atoms with E-state index in [9.17, 15) is 9.59 Å². The number of nitrogens with one attached hydrogen (secondary N) is 2. The van der Waals surface area contributed by atoms with Crippen molar-refractivity contribution in [2.75, 3.05) is 11.9 Å². The Hall–Kier alpha value is -2.82. The third-order valence-corrected chi connectivity index (χ3v) is 4.32. The molecule has 144 valence electrons. The molecule has 0 spiro atoms. The van der Waals surface area contributed by atoms with Gasteiger partial charge in [0.2, 0.25) is 0 Å². The van der Waals surface area contributed by atoms with Gasteiger partial charge < -0.3 is 15.4 Å². The first-order chi connectivity index (χ1) is 12.9. The van der Waals surface area contributed by atoms with Crippen LogP contribution in [0.25, 0.3) is 0 Å². The molecule has 1 atom stereocenters. The maximum Gasteiger partial charge on any atom is 0.262 e. The molecule has 0 heterocycles. The van der Waals surface area contributed by atoms with Crippen LogP contribution in [0.5, 0.6) is 5.75 Å². The predicted octanol–water partition coefficient (Wildman–Crippen LogP) is 4.36. The van der Waals surface area contributed by atoms with Crippen LogP contribution < -0.4 is 15.4 Å². The number of benzene rings is 2. The maximum absolute atomic E-state index is 12.2. The van der Waals surface area contributed by atoms with Gasteiger partial charge in [-0.1, -0.05) is 39.0 Å². The van der Waals surface area contributed by atoms with E-state index in [2.05, 4.69) is 24.5 Å². The molecule has 0 radical (unpaired) electrons. The number of hydrogen-bond donors (Lipinski definition) is 2. The first-order valence-electron chi connectivity index (χ1n) is 9.32. The van der Waals surface area contributed by atoms with Crippen LogP contribution in [0, 0.1) is 0 Å². The van der Waals surface area contributed by atoms with E-state index >= 15 is 0 Å². The van der Waals surface area contributed by atoms with Gasteiger partial charge >= 0.3 is 0 Å². The zero-order valence-electron chi connectivity index (χ0n) is 16.4. The number of rotatable bonds is 8. The molecule has 2 N–H and O–H groups in total. The Morgan fingerprint density at radius 1 is 1.04 bits per heavy atom. The Balaban J connectivity index is 1.90. The molecule has 5 nitrogen and oxygen atoms in total. The third-order valence-electron chi connectivity index (χ3n) is 4.32. The second-order valence-electron chi connectivity index (χ2n) is 6.92. The second-order valence-corrected chi connectivity index (χ2v) is 6.92. The largest absolute Gasteiger partial charge is 0.484 e. The molecular weight excluding hydrogens is 340 g/mol. The molecule has 27 heavy (non-hydrogen) atoms. The molecule has 1 unspecified atom stereocenters. The summed E-state index contributed by atoms with van der Waals surface area (Å²) in [6.07, 6.45) is 0.859. The fourth-order valence-electron chi connectivity index (χ4n) is 2.44. The van der Waals surface area contributed by atoms with Crippen molar-refractivity contribution >= 4 is 17.5 Å². The quantitative estimate of drug-likeness (QED) is 0.728. The number of ether oxygens (including phenoxy) is 1. The first-order valence-corrected chi connectivity index (χ1v) is 9.32. The van der Waals surface area contributed by atoms with Crippen LogP contribution in [0.1, 0.15) is 56.0 Å². The van der Waals surface area contributed by atoms with E-state index in [-0.39, 0.29) is 24.5 Å². The van der Waals surface area contributed by atoms with Gasteiger partial charge in [-0.2, -0.15) is 0 Å². The van der Waals surface area contributed by atoms with Crippen LogP contribution in [0.4, 0.5) is 5.69 Å². The molecule has 2 amide bonds. The van der Waals surface area contributed by atoms with Crippen LogP contribution in [-0.2, 0) is 4.79 Å². The summed E-state index contributed by atoms with van der Waals surface area (Å²) in [6, 6.07) is 14.7. The zero-order valence-corrected chi connectivity index (χ0v) is 16.4. The summed E-state index contributed by atoms with van der Waals surface area (Å²) in [6.45, 7) is 8.12. The van der Waals surface area contributed by atoms with Crippen molar-refractivity contribution in [2.45, 2.75) is 46.1 Å². The fraction of sp³-hybridized carbons (Fsp3) is 0.364. The SMILES string of the molecule is CCC(C)NC(=O)c1cccc(NC(=O)COc2ccc(C(C)C)cc2)c1. The molecule has 0 aliphatic heterocycles. The van der Waals surface area contributed by atoms with E-state index < -0.39 is 0 Å². The number of amides is 2. The molecule has 2 rings (SSSR count). The third kappa shape index (κ3) is 6.44. The van der Waals surface area contributed by atoms with Gasteiger partial charge in [-0.15, -0.1) is 0 Å². The van der Waals surface area contributed by atoms with Crippen molar-refractivity contribution in [3.05, 3.63) is 59.7 Å². The van der Waals surface area contributed by atoms with Gasteiger partial charge in [-0.3, -0.25) is 9.59 Å². The van der Waals surface area contributed by atoms with E-state index in [0.29, 0.717) is 22.9 Å². The summed E-state index contributed by atoms with van der Waals surface area (Å²) >= 11 is 0. The summed E-state index contributed by atoms with van der Waals surface area (Å²) in [7, 11) is 0. The van der Waals surface area contributed by atoms with E-state index in [1.54, 1.807) is 24.3 Å². The van der Waals surface area contributed by atoms with Gasteiger partial charge in [-0.25, -0.2) is 0 Å². The smallest absolute Gasteiger partial charge is 0.262 e. The van der Waals surface area contributed by atoms with Crippen molar-refractivity contribution < 1.29 is 14.3 Å². The molecule has 0 saturated carbocycles. The maximum atomic E-state index is 12.2. The van der Waals surface area contributed by atoms with Crippen molar-refractivity contribution in [1.29, 1.82) is 0 Å². The number of hydrogen-bond acceptors (Lipinski definition) is 3. The minimum absolute atomic E-state index is 0.0929. The Morgan fingerprint density at radius 3 is 2.37 bits per heavy atom. The molecule has 0 fully saturated rings. The highest BCUT2D eigenvalue weighted by Gasteiger charge is 2.10. The van der Waals surface area contributed by atoms with Crippen molar-refractivity contribution in [3.63, 3.8) is 0 Å². The Kier molecular flexibility index (Phi) is 7.41. The molecule has 0 saturated heterocycles. The van der Waals surface area contributed by atoms with Gasteiger partial charge in [-0.05, 0) is 55.2 Å². The van der Waals surface area contributed by atoms with Gasteiger partial charge in [0.25, 0.3) is 11.8 Å². The van der Waals surface area contributed by atoms with Crippen LogP contribution in [0.15, 0.2) is 48.5 Å². The van der Waals surface area contributed by atoms with Gasteiger partial charge in [0.15, 0.2) is 6.61 Å². The lowest BCUT2D eigenvalue weighted by Gasteiger charge is -2.12. The summed E-state index contributed by atoms with van der Waals surface area (Å²) in [4.78, 5) is 24.3.